The summed E-state index contributed by atoms with van der Waals surface area (Å²) in [4.78, 5) is 15.2. The number of ether oxygens (including phenoxy) is 1. The normalized spacial score (nSPS) is 10.5. The fourth-order valence-electron chi connectivity index (χ4n) is 1.97. The summed E-state index contributed by atoms with van der Waals surface area (Å²) in [5.74, 6) is -0.675. The first kappa shape index (κ1) is 15.2. The summed E-state index contributed by atoms with van der Waals surface area (Å²) in [6.45, 7) is 0.290. The molecule has 116 valence electrons. The van der Waals surface area contributed by atoms with Gasteiger partial charge in [0.1, 0.15) is 23.2 Å². The van der Waals surface area contributed by atoms with Crippen LogP contribution in [0.4, 0.5) is 4.39 Å². The number of hydrogen-bond donors (Lipinski definition) is 1. The van der Waals surface area contributed by atoms with Crippen molar-refractivity contribution in [2.45, 2.75) is 6.61 Å². The molecule has 3 aromatic rings. The molecule has 0 amide bonds. The number of rotatable bonds is 5. The minimum absolute atomic E-state index is 0.213. The SMILES string of the molecule is O=C(O)c1ccc(OCc2nc(-c3ccc(F)cc3)cs2)cc1. The molecule has 23 heavy (non-hydrogen) atoms. The number of aromatic carboxylic acids is 1. The number of halogens is 1. The van der Waals surface area contributed by atoms with Gasteiger partial charge in [-0.25, -0.2) is 14.2 Å². The largest absolute Gasteiger partial charge is 0.486 e. The molecule has 0 spiro atoms. The molecule has 0 aliphatic heterocycles. The summed E-state index contributed by atoms with van der Waals surface area (Å²) in [5.41, 5.74) is 1.83. The van der Waals surface area contributed by atoms with Gasteiger partial charge in [-0.15, -0.1) is 11.3 Å². The van der Waals surface area contributed by atoms with Crippen LogP contribution in [0.2, 0.25) is 0 Å². The molecule has 0 bridgehead atoms. The lowest BCUT2D eigenvalue weighted by molar-refractivity contribution is 0.0697. The van der Waals surface area contributed by atoms with Crippen LogP contribution in [0.1, 0.15) is 15.4 Å². The fourth-order valence-corrected chi connectivity index (χ4v) is 2.68. The van der Waals surface area contributed by atoms with Gasteiger partial charge >= 0.3 is 5.97 Å². The van der Waals surface area contributed by atoms with Crippen LogP contribution in [0.5, 0.6) is 5.75 Å². The highest BCUT2D eigenvalue weighted by Crippen LogP contribution is 2.23. The van der Waals surface area contributed by atoms with Gasteiger partial charge in [-0.2, -0.15) is 0 Å². The fraction of sp³-hybridized carbons (Fsp3) is 0.0588. The maximum absolute atomic E-state index is 12.9. The molecule has 1 heterocycles. The molecule has 6 heteroatoms. The second-order valence-corrected chi connectivity index (χ2v) is 5.69. The molecule has 0 aliphatic carbocycles. The first-order chi connectivity index (χ1) is 11.1. The van der Waals surface area contributed by atoms with Crippen LogP contribution in [-0.4, -0.2) is 16.1 Å². The summed E-state index contributed by atoms with van der Waals surface area (Å²) < 4.78 is 18.5. The molecule has 1 aromatic heterocycles. The van der Waals surface area contributed by atoms with Gasteiger partial charge in [0.15, 0.2) is 0 Å². The molecular formula is C17H12FNO3S. The van der Waals surface area contributed by atoms with E-state index in [0.29, 0.717) is 5.75 Å². The highest BCUT2D eigenvalue weighted by atomic mass is 32.1. The van der Waals surface area contributed by atoms with E-state index < -0.39 is 5.97 Å². The van der Waals surface area contributed by atoms with Gasteiger partial charge in [-0.1, -0.05) is 0 Å². The Hall–Kier alpha value is -2.73. The number of benzene rings is 2. The van der Waals surface area contributed by atoms with E-state index in [0.717, 1.165) is 16.3 Å². The number of carboxylic acid groups (broad SMARTS) is 1. The van der Waals surface area contributed by atoms with E-state index in [-0.39, 0.29) is 18.0 Å². The average Bonchev–Trinajstić information content (AvgIpc) is 3.03. The zero-order valence-corrected chi connectivity index (χ0v) is 12.7. The lowest BCUT2D eigenvalue weighted by Crippen LogP contribution is -1.97. The van der Waals surface area contributed by atoms with Crippen molar-refractivity contribution in [2.75, 3.05) is 0 Å². The summed E-state index contributed by atoms with van der Waals surface area (Å²) >= 11 is 1.45. The topological polar surface area (TPSA) is 59.4 Å². The Morgan fingerprint density at radius 3 is 2.48 bits per heavy atom. The number of aromatic nitrogens is 1. The van der Waals surface area contributed by atoms with Crippen molar-refractivity contribution in [1.29, 1.82) is 0 Å². The third kappa shape index (κ3) is 3.73. The summed E-state index contributed by atoms with van der Waals surface area (Å²) in [6.07, 6.45) is 0. The standard InChI is InChI=1S/C17H12FNO3S/c18-13-5-1-11(2-6-13)15-10-23-16(19-15)9-22-14-7-3-12(4-8-14)17(20)21/h1-8,10H,9H2,(H,20,21). The van der Waals surface area contributed by atoms with E-state index in [9.17, 15) is 9.18 Å². The second-order valence-electron chi connectivity index (χ2n) is 4.75. The highest BCUT2D eigenvalue weighted by molar-refractivity contribution is 7.09. The van der Waals surface area contributed by atoms with Crippen molar-refractivity contribution < 1.29 is 19.0 Å². The molecule has 0 atom stereocenters. The van der Waals surface area contributed by atoms with E-state index in [1.807, 2.05) is 5.38 Å². The molecule has 0 saturated carbocycles. The van der Waals surface area contributed by atoms with Crippen molar-refractivity contribution in [3.05, 3.63) is 70.3 Å². The highest BCUT2D eigenvalue weighted by Gasteiger charge is 2.06. The first-order valence-electron chi connectivity index (χ1n) is 6.78. The predicted octanol–water partition coefficient (Wildman–Crippen LogP) is 4.23. The van der Waals surface area contributed by atoms with Gasteiger partial charge in [0.2, 0.25) is 0 Å². The molecule has 0 saturated heterocycles. The molecule has 3 rings (SSSR count). The van der Waals surface area contributed by atoms with Gasteiger partial charge in [0.25, 0.3) is 0 Å². The Balaban J connectivity index is 1.65. The maximum Gasteiger partial charge on any atom is 0.335 e. The molecular weight excluding hydrogens is 317 g/mol. The smallest absolute Gasteiger partial charge is 0.335 e. The Morgan fingerprint density at radius 2 is 1.83 bits per heavy atom. The summed E-state index contributed by atoms with van der Waals surface area (Å²) in [5, 5.41) is 11.5. The number of thiazole rings is 1. The van der Waals surface area contributed by atoms with Crippen LogP contribution < -0.4 is 4.74 Å². The molecule has 0 fully saturated rings. The minimum atomic E-state index is -0.972. The Bertz CT molecular complexity index is 813. The van der Waals surface area contributed by atoms with Crippen molar-refractivity contribution in [3.8, 4) is 17.0 Å². The summed E-state index contributed by atoms with van der Waals surface area (Å²) in [6, 6.07) is 12.4. The maximum atomic E-state index is 12.9. The van der Waals surface area contributed by atoms with E-state index in [1.54, 1.807) is 24.3 Å². The van der Waals surface area contributed by atoms with Crippen LogP contribution in [0.25, 0.3) is 11.3 Å². The predicted molar refractivity (Wildman–Crippen MR) is 85.2 cm³/mol. The molecule has 4 nitrogen and oxygen atoms in total. The average molecular weight is 329 g/mol. The Labute approximate surface area is 135 Å². The monoisotopic (exact) mass is 329 g/mol. The van der Waals surface area contributed by atoms with Crippen LogP contribution >= 0.6 is 11.3 Å². The van der Waals surface area contributed by atoms with E-state index in [2.05, 4.69) is 4.98 Å². The van der Waals surface area contributed by atoms with Gasteiger partial charge in [-0.3, -0.25) is 0 Å². The second kappa shape index (κ2) is 6.58. The molecule has 2 aromatic carbocycles. The number of carbonyl (C=O) groups is 1. The molecule has 1 N–H and O–H groups in total. The third-order valence-electron chi connectivity index (χ3n) is 3.16. The Kier molecular flexibility index (Phi) is 4.34. The van der Waals surface area contributed by atoms with E-state index in [4.69, 9.17) is 9.84 Å². The first-order valence-corrected chi connectivity index (χ1v) is 7.66. The lowest BCUT2D eigenvalue weighted by atomic mass is 10.2. The number of nitrogens with zero attached hydrogens (tertiary/aromatic N) is 1. The van der Waals surface area contributed by atoms with Gasteiger partial charge in [0, 0.05) is 10.9 Å². The van der Waals surface area contributed by atoms with E-state index in [1.165, 1.54) is 35.6 Å². The van der Waals surface area contributed by atoms with Crippen LogP contribution in [0.15, 0.2) is 53.9 Å². The molecule has 0 radical (unpaired) electrons. The summed E-state index contributed by atoms with van der Waals surface area (Å²) in [7, 11) is 0. The number of carboxylic acids is 1. The quantitative estimate of drug-likeness (QED) is 0.761. The number of hydrogen-bond acceptors (Lipinski definition) is 4. The van der Waals surface area contributed by atoms with Crippen molar-refractivity contribution in [3.63, 3.8) is 0 Å². The van der Waals surface area contributed by atoms with Crippen LogP contribution in [0, 0.1) is 5.82 Å². The van der Waals surface area contributed by atoms with Gasteiger partial charge in [0.05, 0.1) is 11.3 Å². The molecule has 0 unspecified atom stereocenters. The van der Waals surface area contributed by atoms with Crippen molar-refractivity contribution in [1.82, 2.24) is 4.98 Å². The minimum Gasteiger partial charge on any atom is -0.486 e. The van der Waals surface area contributed by atoms with Crippen molar-refractivity contribution in [2.24, 2.45) is 0 Å². The van der Waals surface area contributed by atoms with Gasteiger partial charge in [-0.05, 0) is 48.5 Å². The Morgan fingerprint density at radius 1 is 1.13 bits per heavy atom. The van der Waals surface area contributed by atoms with Crippen LogP contribution in [-0.2, 0) is 6.61 Å². The zero-order chi connectivity index (χ0) is 16.2. The van der Waals surface area contributed by atoms with Crippen LogP contribution in [0.3, 0.4) is 0 Å². The lowest BCUT2D eigenvalue weighted by Gasteiger charge is -2.04. The van der Waals surface area contributed by atoms with Crippen molar-refractivity contribution >= 4 is 17.3 Å². The van der Waals surface area contributed by atoms with E-state index >= 15 is 0 Å². The molecule has 0 aliphatic rings. The van der Waals surface area contributed by atoms with Gasteiger partial charge < -0.3 is 9.84 Å². The zero-order valence-electron chi connectivity index (χ0n) is 11.9. The third-order valence-corrected chi connectivity index (χ3v) is 3.98.